The van der Waals surface area contributed by atoms with E-state index in [-0.39, 0.29) is 16.8 Å². The van der Waals surface area contributed by atoms with Gasteiger partial charge in [-0.25, -0.2) is 0 Å². The number of carbonyl (C=O) groups is 1. The molecule has 0 radical (unpaired) electrons. The molecule has 1 atom stereocenters. The highest BCUT2D eigenvalue weighted by atomic mass is 32.1. The number of aromatic nitrogens is 1. The summed E-state index contributed by atoms with van der Waals surface area (Å²) in [5.41, 5.74) is 2.67. The van der Waals surface area contributed by atoms with E-state index >= 15 is 0 Å². The van der Waals surface area contributed by atoms with Gasteiger partial charge in [-0.15, -0.1) is 0 Å². The molecule has 1 N–H and O–H groups in total. The molecule has 3 aromatic rings. The molecule has 2 aromatic carbocycles. The number of carbonyl (C=O) groups excluding carboxylic acids is 1. The zero-order chi connectivity index (χ0) is 18.8. The number of nitrogens with zero attached hydrogens (tertiary/aromatic N) is 1. The van der Waals surface area contributed by atoms with Gasteiger partial charge < -0.3 is 10.1 Å². The number of hydrogen-bond donors (Lipinski definition) is 1. The minimum Gasteiger partial charge on any atom is -0.481 e. The van der Waals surface area contributed by atoms with E-state index in [0.29, 0.717) is 11.4 Å². The van der Waals surface area contributed by atoms with Gasteiger partial charge in [0.2, 0.25) is 0 Å². The van der Waals surface area contributed by atoms with Gasteiger partial charge in [0.1, 0.15) is 5.75 Å². The third-order valence-corrected chi connectivity index (χ3v) is 5.02. The predicted octanol–water partition coefficient (Wildman–Crippen LogP) is 4.36. The van der Waals surface area contributed by atoms with Crippen molar-refractivity contribution in [2.24, 2.45) is 0 Å². The fraction of sp³-hybridized carbons (Fsp3) is 0.300. The zero-order valence-electron chi connectivity index (χ0n) is 15.3. The minimum atomic E-state index is -0.632. The van der Waals surface area contributed by atoms with Crippen molar-refractivity contribution in [3.8, 4) is 5.75 Å². The van der Waals surface area contributed by atoms with Gasteiger partial charge in [-0.05, 0) is 58.0 Å². The lowest BCUT2D eigenvalue weighted by atomic mass is 10.2. The van der Waals surface area contributed by atoms with E-state index in [1.807, 2.05) is 63.2 Å². The molecule has 26 heavy (non-hydrogen) atoms. The average molecular weight is 370 g/mol. The monoisotopic (exact) mass is 370 g/mol. The highest BCUT2D eigenvalue weighted by Gasteiger charge is 2.16. The molecule has 0 fully saturated rings. The van der Waals surface area contributed by atoms with E-state index in [2.05, 4.69) is 5.32 Å². The summed E-state index contributed by atoms with van der Waals surface area (Å²) in [6.07, 6.45) is -0.632. The lowest BCUT2D eigenvalue weighted by molar-refractivity contribution is -0.122. The smallest absolute Gasteiger partial charge is 0.308 e. The second-order valence-electron chi connectivity index (χ2n) is 6.58. The maximum atomic E-state index is 12.4. The number of aryl methyl sites for hydroxylation is 1. The van der Waals surface area contributed by atoms with Crippen LogP contribution in [0.25, 0.3) is 10.2 Å². The SMILES string of the molecule is Cc1ccc(O[C@@H](C)C(=O)Nc2ccc3c(c2)sc(=O)n3C(C)C)cc1. The van der Waals surface area contributed by atoms with E-state index in [4.69, 9.17) is 4.74 Å². The maximum absolute atomic E-state index is 12.4. The average Bonchev–Trinajstić information content (AvgIpc) is 2.92. The van der Waals surface area contributed by atoms with Crippen molar-refractivity contribution in [2.45, 2.75) is 39.8 Å². The fourth-order valence-corrected chi connectivity index (χ4v) is 3.77. The van der Waals surface area contributed by atoms with Crippen molar-refractivity contribution in [3.63, 3.8) is 0 Å². The van der Waals surface area contributed by atoms with Crippen LogP contribution in [0.5, 0.6) is 5.75 Å². The summed E-state index contributed by atoms with van der Waals surface area (Å²) in [7, 11) is 0. The van der Waals surface area contributed by atoms with Crippen molar-refractivity contribution in [1.29, 1.82) is 0 Å². The van der Waals surface area contributed by atoms with Crippen molar-refractivity contribution in [3.05, 3.63) is 57.7 Å². The van der Waals surface area contributed by atoms with Gasteiger partial charge >= 0.3 is 4.87 Å². The van der Waals surface area contributed by atoms with Crippen LogP contribution in [-0.4, -0.2) is 16.6 Å². The van der Waals surface area contributed by atoms with E-state index in [1.54, 1.807) is 11.5 Å². The molecule has 5 nitrogen and oxygen atoms in total. The Labute approximate surface area is 156 Å². The predicted molar refractivity (Wildman–Crippen MR) is 106 cm³/mol. The molecule has 6 heteroatoms. The number of benzene rings is 2. The summed E-state index contributed by atoms with van der Waals surface area (Å²) in [5, 5.41) is 2.85. The highest BCUT2D eigenvalue weighted by Crippen LogP contribution is 2.24. The van der Waals surface area contributed by atoms with Crippen LogP contribution in [0.4, 0.5) is 5.69 Å². The first kappa shape index (κ1) is 18.2. The summed E-state index contributed by atoms with van der Waals surface area (Å²) in [6.45, 7) is 7.67. The van der Waals surface area contributed by atoms with Gasteiger partial charge in [0, 0.05) is 11.7 Å². The summed E-state index contributed by atoms with van der Waals surface area (Å²) in [4.78, 5) is 24.5. The lowest BCUT2D eigenvalue weighted by Crippen LogP contribution is -2.30. The number of anilines is 1. The Morgan fingerprint density at radius 3 is 2.46 bits per heavy atom. The third-order valence-electron chi connectivity index (χ3n) is 4.10. The number of thiazole rings is 1. The molecule has 1 heterocycles. The van der Waals surface area contributed by atoms with Gasteiger partial charge in [-0.3, -0.25) is 14.2 Å². The molecule has 3 rings (SSSR count). The Morgan fingerprint density at radius 2 is 1.81 bits per heavy atom. The number of ether oxygens (including phenoxy) is 1. The van der Waals surface area contributed by atoms with E-state index in [0.717, 1.165) is 15.8 Å². The standard InChI is InChI=1S/C20H22N2O3S/c1-12(2)22-17-10-7-15(11-18(17)26-20(22)24)21-19(23)14(4)25-16-8-5-13(3)6-9-16/h5-12,14H,1-4H3,(H,21,23)/t14-/m0/s1. The van der Waals surface area contributed by atoms with Crippen LogP contribution in [0, 0.1) is 6.92 Å². The summed E-state index contributed by atoms with van der Waals surface area (Å²) >= 11 is 1.19. The van der Waals surface area contributed by atoms with Crippen LogP contribution in [0.15, 0.2) is 47.3 Å². The molecular weight excluding hydrogens is 348 g/mol. The van der Waals surface area contributed by atoms with Crippen LogP contribution in [0.2, 0.25) is 0 Å². The molecule has 0 aliphatic rings. The molecule has 0 saturated heterocycles. The molecule has 0 saturated carbocycles. The second-order valence-corrected chi connectivity index (χ2v) is 7.57. The van der Waals surface area contributed by atoms with E-state index in [1.165, 1.54) is 11.3 Å². The topological polar surface area (TPSA) is 60.3 Å². The van der Waals surface area contributed by atoms with Gasteiger partial charge in [-0.2, -0.15) is 0 Å². The highest BCUT2D eigenvalue weighted by molar-refractivity contribution is 7.16. The van der Waals surface area contributed by atoms with Crippen molar-refractivity contribution in [2.75, 3.05) is 5.32 Å². The first-order valence-corrected chi connectivity index (χ1v) is 9.36. The second kappa shape index (κ2) is 7.33. The van der Waals surface area contributed by atoms with E-state index < -0.39 is 6.10 Å². The number of rotatable bonds is 5. The Balaban J connectivity index is 1.74. The zero-order valence-corrected chi connectivity index (χ0v) is 16.1. The Kier molecular flexibility index (Phi) is 5.13. The molecule has 1 aromatic heterocycles. The molecule has 1 amide bonds. The largest absolute Gasteiger partial charge is 0.481 e. The molecule has 0 spiro atoms. The number of fused-ring (bicyclic) bond motifs is 1. The minimum absolute atomic E-state index is 0.00884. The van der Waals surface area contributed by atoms with Crippen LogP contribution in [0.3, 0.4) is 0 Å². The number of amides is 1. The van der Waals surface area contributed by atoms with Crippen LogP contribution in [-0.2, 0) is 4.79 Å². The molecule has 136 valence electrons. The molecule has 0 bridgehead atoms. The van der Waals surface area contributed by atoms with Crippen molar-refractivity contribution < 1.29 is 9.53 Å². The molecular formula is C20H22N2O3S. The fourth-order valence-electron chi connectivity index (χ4n) is 2.72. The third kappa shape index (κ3) is 3.80. The van der Waals surface area contributed by atoms with Gasteiger partial charge in [-0.1, -0.05) is 29.0 Å². The van der Waals surface area contributed by atoms with Crippen LogP contribution in [0.1, 0.15) is 32.4 Å². The number of nitrogens with one attached hydrogen (secondary N) is 1. The van der Waals surface area contributed by atoms with Crippen LogP contribution < -0.4 is 14.9 Å². The Bertz CT molecular complexity index is 986. The molecule has 0 aliphatic carbocycles. The molecule has 0 aliphatic heterocycles. The normalized spacial score (nSPS) is 12.3. The van der Waals surface area contributed by atoms with Crippen molar-refractivity contribution >= 4 is 33.1 Å². The Morgan fingerprint density at radius 1 is 1.12 bits per heavy atom. The summed E-state index contributed by atoms with van der Waals surface area (Å²) < 4.78 is 8.30. The first-order valence-electron chi connectivity index (χ1n) is 8.54. The number of hydrogen-bond acceptors (Lipinski definition) is 4. The quantitative estimate of drug-likeness (QED) is 0.726. The van der Waals surface area contributed by atoms with E-state index in [9.17, 15) is 9.59 Å². The van der Waals surface area contributed by atoms with Crippen molar-refractivity contribution in [1.82, 2.24) is 4.57 Å². The van der Waals surface area contributed by atoms with Gasteiger partial charge in [0.25, 0.3) is 5.91 Å². The van der Waals surface area contributed by atoms with Gasteiger partial charge in [0.15, 0.2) is 6.10 Å². The maximum Gasteiger partial charge on any atom is 0.308 e. The van der Waals surface area contributed by atoms with Crippen LogP contribution >= 0.6 is 11.3 Å². The molecule has 0 unspecified atom stereocenters. The Hall–Kier alpha value is -2.60. The lowest BCUT2D eigenvalue weighted by Gasteiger charge is -2.15. The summed E-state index contributed by atoms with van der Waals surface area (Å²) in [5.74, 6) is 0.418. The van der Waals surface area contributed by atoms with Gasteiger partial charge in [0.05, 0.1) is 10.2 Å². The first-order chi connectivity index (χ1) is 12.3. The summed E-state index contributed by atoms with van der Waals surface area (Å²) in [6, 6.07) is 13.2.